The Morgan fingerprint density at radius 1 is 1.00 bits per heavy atom. The Labute approximate surface area is 258 Å². The van der Waals surface area contributed by atoms with Gasteiger partial charge in [0.05, 0.1) is 34.2 Å². The Bertz CT molecular complexity index is 2010. The number of pyridine rings is 1. The maximum atomic E-state index is 13.9. The van der Waals surface area contributed by atoms with E-state index in [0.29, 0.717) is 39.6 Å². The summed E-state index contributed by atoms with van der Waals surface area (Å²) in [5, 5.41) is 13.3. The average Bonchev–Trinajstić information content (AvgIpc) is 3.72. The summed E-state index contributed by atoms with van der Waals surface area (Å²) in [6, 6.07) is 14.0. The van der Waals surface area contributed by atoms with Crippen molar-refractivity contribution in [2.75, 3.05) is 0 Å². The van der Waals surface area contributed by atoms with E-state index < -0.39 is 17.3 Å². The third-order valence-electron chi connectivity index (χ3n) is 9.63. The molecule has 0 aliphatic heterocycles. The number of carboxylic acid groups (broad SMARTS) is 1. The van der Waals surface area contributed by atoms with E-state index in [4.69, 9.17) is 10.1 Å². The Balaban J connectivity index is 1.24. The first-order valence-corrected chi connectivity index (χ1v) is 15.3. The molecule has 2 saturated carbocycles. The highest BCUT2D eigenvalue weighted by atomic mass is 19.1. The molecule has 3 aromatic heterocycles. The van der Waals surface area contributed by atoms with Gasteiger partial charge in [-0.05, 0) is 91.6 Å². The summed E-state index contributed by atoms with van der Waals surface area (Å²) < 4.78 is 31.5. The number of benzene rings is 2. The highest BCUT2D eigenvalue weighted by Gasteiger charge is 2.44. The van der Waals surface area contributed by atoms with Crippen LogP contribution in [0.3, 0.4) is 0 Å². The van der Waals surface area contributed by atoms with Gasteiger partial charge in [-0.1, -0.05) is 25.0 Å². The van der Waals surface area contributed by atoms with Crippen molar-refractivity contribution in [3.63, 3.8) is 0 Å². The molecule has 2 aliphatic rings. The number of amides is 1. The number of aryl methyl sites for hydroxylation is 2. The predicted octanol–water partition coefficient (Wildman–Crippen LogP) is 7.13. The molecule has 2 aromatic carbocycles. The summed E-state index contributed by atoms with van der Waals surface area (Å²) >= 11 is 0. The highest BCUT2D eigenvalue weighted by Crippen LogP contribution is 2.45. The van der Waals surface area contributed by atoms with E-state index in [1.165, 1.54) is 30.7 Å². The monoisotopic (exact) mass is 609 g/mol. The number of aromatic nitrogens is 4. The normalized spacial score (nSPS) is 16.8. The van der Waals surface area contributed by atoms with Crippen LogP contribution in [0.1, 0.15) is 78.2 Å². The third-order valence-corrected chi connectivity index (χ3v) is 9.63. The van der Waals surface area contributed by atoms with E-state index in [2.05, 4.69) is 14.9 Å². The zero-order valence-corrected chi connectivity index (χ0v) is 25.1. The Morgan fingerprint density at radius 2 is 1.78 bits per heavy atom. The Morgan fingerprint density at radius 3 is 2.44 bits per heavy atom. The molecule has 0 bridgehead atoms. The van der Waals surface area contributed by atoms with Crippen molar-refractivity contribution in [2.45, 2.75) is 56.4 Å². The van der Waals surface area contributed by atoms with Gasteiger partial charge in [0, 0.05) is 30.6 Å². The third kappa shape index (κ3) is 4.88. The number of carbonyl (C=O) groups excluding carboxylic acids is 1. The highest BCUT2D eigenvalue weighted by molar-refractivity contribution is 6.01. The molecule has 3 heterocycles. The summed E-state index contributed by atoms with van der Waals surface area (Å²) in [5.74, 6) is -2.38. The second-order valence-electron chi connectivity index (χ2n) is 12.3. The molecule has 2 aliphatic carbocycles. The van der Waals surface area contributed by atoms with Crippen molar-refractivity contribution >= 4 is 39.9 Å². The zero-order chi connectivity index (χ0) is 31.5. The predicted molar refractivity (Wildman–Crippen MR) is 168 cm³/mol. The van der Waals surface area contributed by atoms with Crippen LogP contribution in [0.2, 0.25) is 0 Å². The lowest BCUT2D eigenvalue weighted by Gasteiger charge is -2.41. The number of hydrogen-bond acceptors (Lipinski definition) is 4. The summed E-state index contributed by atoms with van der Waals surface area (Å²) in [6.07, 6.45) is 9.09. The van der Waals surface area contributed by atoms with Gasteiger partial charge in [-0.25, -0.2) is 14.2 Å². The molecule has 0 atom stereocenters. The number of nitrogens with one attached hydrogen (secondary N) is 1. The zero-order valence-electron chi connectivity index (χ0n) is 25.1. The molecule has 2 N–H and O–H groups in total. The number of nitrogens with zero attached hydrogens (tertiary/aromatic N) is 4. The first kappa shape index (κ1) is 28.9. The maximum Gasteiger partial charge on any atom is 0.364 e. The van der Waals surface area contributed by atoms with Crippen LogP contribution >= 0.6 is 0 Å². The Hall–Kier alpha value is -4.86. The number of rotatable bonds is 7. The fraction of sp³-hybridized carbons (Fsp3) is 0.314. The van der Waals surface area contributed by atoms with Crippen LogP contribution in [0.4, 0.5) is 8.78 Å². The number of carbonyl (C=O) groups is 2. The van der Waals surface area contributed by atoms with Gasteiger partial charge >= 0.3 is 5.97 Å². The van der Waals surface area contributed by atoms with Gasteiger partial charge in [0.1, 0.15) is 11.6 Å². The van der Waals surface area contributed by atoms with Gasteiger partial charge in [-0.3, -0.25) is 9.78 Å². The van der Waals surface area contributed by atoms with Crippen LogP contribution in [0.15, 0.2) is 60.6 Å². The quantitative estimate of drug-likeness (QED) is 0.191. The first-order chi connectivity index (χ1) is 21.6. The number of aliphatic carboxylic acids is 1. The van der Waals surface area contributed by atoms with Crippen molar-refractivity contribution in [1.29, 1.82) is 0 Å². The van der Waals surface area contributed by atoms with Gasteiger partial charge in [0.15, 0.2) is 0 Å². The largest absolute Gasteiger partial charge is 0.476 e. The lowest BCUT2D eigenvalue weighted by molar-refractivity contribution is -0.134. The molecular weight excluding hydrogens is 576 g/mol. The van der Waals surface area contributed by atoms with Crippen molar-refractivity contribution in [3.8, 4) is 11.4 Å². The molecule has 0 radical (unpaired) electrons. The van der Waals surface area contributed by atoms with Crippen molar-refractivity contribution in [1.82, 2.24) is 24.4 Å². The molecule has 2 fully saturated rings. The van der Waals surface area contributed by atoms with Crippen LogP contribution in [-0.2, 0) is 24.4 Å². The second-order valence-corrected chi connectivity index (χ2v) is 12.3. The van der Waals surface area contributed by atoms with Crippen LogP contribution in [-0.4, -0.2) is 36.1 Å². The molecule has 10 heteroatoms. The minimum absolute atomic E-state index is 0.208. The molecule has 0 saturated heterocycles. The minimum Gasteiger partial charge on any atom is -0.476 e. The van der Waals surface area contributed by atoms with Gasteiger partial charge in [0.2, 0.25) is 5.83 Å². The van der Waals surface area contributed by atoms with E-state index in [0.717, 1.165) is 54.8 Å². The molecule has 7 rings (SSSR count). The second kappa shape index (κ2) is 10.9. The van der Waals surface area contributed by atoms with Gasteiger partial charge in [0.25, 0.3) is 5.91 Å². The minimum atomic E-state index is -1.62. The summed E-state index contributed by atoms with van der Waals surface area (Å²) in [6.45, 7) is 0. The molecule has 0 unspecified atom stereocenters. The molecular formula is C35H33F2N5O3. The maximum absolute atomic E-state index is 13.9. The van der Waals surface area contributed by atoms with E-state index in [9.17, 15) is 18.4 Å². The SMILES string of the molecule is Cn1c(C2(NC(=O)c3ccc4c(C5CCCC5)c(-c5ccc(F)cn5)n(C)c4c3)CCC2)nc2ccc(C=C(F)C(=O)O)cc21. The van der Waals surface area contributed by atoms with Crippen LogP contribution in [0.5, 0.6) is 0 Å². The fourth-order valence-electron chi connectivity index (χ4n) is 7.22. The summed E-state index contributed by atoms with van der Waals surface area (Å²) in [7, 11) is 3.82. The van der Waals surface area contributed by atoms with Gasteiger partial charge < -0.3 is 19.6 Å². The summed E-state index contributed by atoms with van der Waals surface area (Å²) in [5.41, 5.74) is 5.46. The molecule has 8 nitrogen and oxygen atoms in total. The molecule has 5 aromatic rings. The van der Waals surface area contributed by atoms with E-state index in [1.54, 1.807) is 24.3 Å². The lowest BCUT2D eigenvalue weighted by atomic mass is 9.75. The summed E-state index contributed by atoms with van der Waals surface area (Å²) in [4.78, 5) is 34.1. The number of carboxylic acids is 1. The Kier molecular flexibility index (Phi) is 7.02. The molecule has 0 spiro atoms. The van der Waals surface area contributed by atoms with Gasteiger partial charge in [-0.2, -0.15) is 4.39 Å². The lowest BCUT2D eigenvalue weighted by Crippen LogP contribution is -2.52. The van der Waals surface area contributed by atoms with E-state index >= 15 is 0 Å². The van der Waals surface area contributed by atoms with Crippen molar-refractivity contribution in [2.24, 2.45) is 14.1 Å². The van der Waals surface area contributed by atoms with Gasteiger partial charge in [-0.15, -0.1) is 0 Å². The molecule has 45 heavy (non-hydrogen) atoms. The smallest absolute Gasteiger partial charge is 0.364 e. The number of fused-ring (bicyclic) bond motifs is 2. The number of halogens is 2. The molecule has 230 valence electrons. The first-order valence-electron chi connectivity index (χ1n) is 15.3. The average molecular weight is 610 g/mol. The number of hydrogen-bond donors (Lipinski definition) is 2. The van der Waals surface area contributed by atoms with Crippen LogP contribution in [0, 0.1) is 5.82 Å². The van der Waals surface area contributed by atoms with E-state index in [-0.39, 0.29) is 11.7 Å². The van der Waals surface area contributed by atoms with Crippen molar-refractivity contribution < 1.29 is 23.5 Å². The van der Waals surface area contributed by atoms with Crippen LogP contribution < -0.4 is 5.32 Å². The molecule has 1 amide bonds. The number of imidazole rings is 1. The van der Waals surface area contributed by atoms with Crippen molar-refractivity contribution in [3.05, 3.63) is 88.9 Å². The standard InChI is InChI=1S/C35H33F2N5O3/c1-41-28-18-22(9-11-24(28)30(21-6-3-4-7-21)31(41)27-13-10-23(36)19-38-27)32(43)40-35(14-5-15-35)34-39-26-12-8-20(16-25(37)33(44)45)17-29(26)42(34)2/h8-13,16-19,21H,3-7,14-15H2,1-2H3,(H,40,43)(H,44,45). The fourth-order valence-corrected chi connectivity index (χ4v) is 7.22. The van der Waals surface area contributed by atoms with Crippen LogP contribution in [0.25, 0.3) is 39.4 Å². The topological polar surface area (TPSA) is 102 Å². The van der Waals surface area contributed by atoms with E-state index in [1.807, 2.05) is 36.9 Å².